The third-order valence-electron chi connectivity index (χ3n) is 2.12. The number of nitrogens with two attached hydrogens (primary N) is 1. The number of esters is 1. The highest BCUT2D eigenvalue weighted by Crippen LogP contribution is 2.12. The zero-order chi connectivity index (χ0) is 11.3. The van der Waals surface area contributed by atoms with Crippen LogP contribution in [-0.4, -0.2) is 26.2 Å². The molecule has 0 aliphatic carbocycles. The molecule has 1 aromatic carbocycles. The zero-order valence-electron chi connectivity index (χ0n) is 10.0. The van der Waals surface area contributed by atoms with E-state index in [4.69, 9.17) is 10.5 Å². The van der Waals surface area contributed by atoms with Gasteiger partial charge in [-0.15, -0.1) is 24.0 Å². The van der Waals surface area contributed by atoms with Gasteiger partial charge < -0.3 is 21.4 Å². The molecule has 0 fully saturated rings. The second-order valence-electron chi connectivity index (χ2n) is 3.18. The summed E-state index contributed by atoms with van der Waals surface area (Å²) in [5, 5.41) is 0. The van der Waals surface area contributed by atoms with Crippen LogP contribution in [0.15, 0.2) is 24.3 Å². The Hall–Kier alpha value is -0.860. The minimum Gasteiger partial charge on any atom is -0.497 e. The number of ether oxygens (including phenoxy) is 2. The summed E-state index contributed by atoms with van der Waals surface area (Å²) in [4.78, 5) is 11.1. The summed E-state index contributed by atoms with van der Waals surface area (Å²) in [6.45, 7) is 0. The molecule has 98 valence electrons. The number of carbonyl (C=O) groups is 1. The molecule has 1 rings (SSSR count). The number of rotatable bonds is 4. The number of carbonyl (C=O) groups excluding carboxylic acids is 1. The molecule has 0 aromatic heterocycles. The van der Waals surface area contributed by atoms with Gasteiger partial charge >= 0.3 is 5.97 Å². The van der Waals surface area contributed by atoms with Crippen LogP contribution in [-0.2, 0) is 16.0 Å². The van der Waals surface area contributed by atoms with Crippen LogP contribution in [0.25, 0.3) is 0 Å². The lowest BCUT2D eigenvalue weighted by atomic mass is 10.1. The Balaban J connectivity index is 0. The van der Waals surface area contributed by atoms with Gasteiger partial charge in [0.2, 0.25) is 0 Å². The molecule has 0 aliphatic rings. The Morgan fingerprint density at radius 3 is 2.24 bits per heavy atom. The van der Waals surface area contributed by atoms with Gasteiger partial charge in [-0.3, -0.25) is 4.79 Å². The number of methoxy groups -OCH3 is 2. The molecule has 1 aromatic rings. The van der Waals surface area contributed by atoms with Gasteiger partial charge in [0.05, 0.1) is 14.2 Å². The van der Waals surface area contributed by atoms with Crippen LogP contribution < -0.4 is 16.6 Å². The van der Waals surface area contributed by atoms with Crippen molar-refractivity contribution in [2.24, 2.45) is 5.73 Å². The largest absolute Gasteiger partial charge is 0.497 e. The third-order valence-corrected chi connectivity index (χ3v) is 2.12. The van der Waals surface area contributed by atoms with Crippen LogP contribution in [0.2, 0.25) is 0 Å². The molecule has 0 bridgehead atoms. The van der Waals surface area contributed by atoms with E-state index in [1.807, 2.05) is 24.3 Å². The van der Waals surface area contributed by atoms with Crippen LogP contribution in [0.1, 0.15) is 5.56 Å². The predicted octanol–water partition coefficient (Wildman–Crippen LogP) is 1.52. The topological polar surface area (TPSA) is 96.5 Å². The summed E-state index contributed by atoms with van der Waals surface area (Å²) >= 11 is 0. The van der Waals surface area contributed by atoms with E-state index in [9.17, 15) is 4.79 Å². The van der Waals surface area contributed by atoms with Crippen molar-refractivity contribution in [1.82, 2.24) is 6.15 Å². The molecule has 0 amide bonds. The molecule has 1 atom stereocenters. The van der Waals surface area contributed by atoms with Crippen LogP contribution >= 0.6 is 24.0 Å². The summed E-state index contributed by atoms with van der Waals surface area (Å²) < 4.78 is 9.56. The van der Waals surface area contributed by atoms with E-state index in [0.29, 0.717) is 6.42 Å². The lowest BCUT2D eigenvalue weighted by molar-refractivity contribution is -0.142. The van der Waals surface area contributed by atoms with E-state index < -0.39 is 12.0 Å². The normalized spacial score (nSPS) is 10.5. The molecule has 5 N–H and O–H groups in total. The zero-order valence-corrected chi connectivity index (χ0v) is 12.3. The minimum atomic E-state index is -0.608. The number of hydrogen-bond donors (Lipinski definition) is 2. The first-order valence-electron chi connectivity index (χ1n) is 4.63. The van der Waals surface area contributed by atoms with Crippen LogP contribution in [0.5, 0.6) is 5.75 Å². The van der Waals surface area contributed by atoms with Crippen LogP contribution in [0, 0.1) is 0 Å². The molecular weight excluding hydrogens is 335 g/mol. The van der Waals surface area contributed by atoms with Gasteiger partial charge in [-0.2, -0.15) is 0 Å². The standard InChI is InChI=1S/C11H15NO3.HI.H3N/c1-14-9-5-3-8(4-6-9)7-10(12)11(13)15-2;;/h3-6,10H,7,12H2,1-2H3;1H;1H3. The molecule has 0 aliphatic heterocycles. The van der Waals surface area contributed by atoms with E-state index in [2.05, 4.69) is 4.74 Å². The molecule has 1 unspecified atom stereocenters. The second kappa shape index (κ2) is 9.20. The maximum atomic E-state index is 11.1. The van der Waals surface area contributed by atoms with Crippen molar-refractivity contribution in [2.75, 3.05) is 14.2 Å². The minimum absolute atomic E-state index is 0. The molecule has 0 spiro atoms. The van der Waals surface area contributed by atoms with E-state index in [1.54, 1.807) is 7.11 Å². The average molecular weight is 354 g/mol. The van der Waals surface area contributed by atoms with Gasteiger partial charge in [-0.05, 0) is 24.1 Å². The lowest BCUT2D eigenvalue weighted by Gasteiger charge is -2.09. The van der Waals surface area contributed by atoms with E-state index in [-0.39, 0.29) is 30.1 Å². The SMILES string of the molecule is COC(=O)C(N)Cc1ccc(OC)cc1.I.N. The van der Waals surface area contributed by atoms with Crippen molar-refractivity contribution in [1.29, 1.82) is 0 Å². The second-order valence-corrected chi connectivity index (χ2v) is 3.18. The summed E-state index contributed by atoms with van der Waals surface area (Å²) in [5.41, 5.74) is 6.60. The van der Waals surface area contributed by atoms with Gasteiger partial charge in [0.15, 0.2) is 0 Å². The van der Waals surface area contributed by atoms with Crippen molar-refractivity contribution >= 4 is 29.9 Å². The lowest BCUT2D eigenvalue weighted by Crippen LogP contribution is -2.33. The highest BCUT2D eigenvalue weighted by molar-refractivity contribution is 14.0. The summed E-state index contributed by atoms with van der Waals surface area (Å²) in [6, 6.07) is 6.81. The maximum Gasteiger partial charge on any atom is 0.322 e. The predicted molar refractivity (Wildman–Crippen MR) is 77.1 cm³/mol. The Kier molecular flexibility index (Phi) is 10.0. The van der Waals surface area contributed by atoms with E-state index in [1.165, 1.54) is 7.11 Å². The molecule has 6 heteroatoms. The van der Waals surface area contributed by atoms with Crippen molar-refractivity contribution in [3.8, 4) is 5.75 Å². The first-order chi connectivity index (χ1) is 7.17. The molecule has 0 radical (unpaired) electrons. The Bertz CT molecular complexity index is 330. The van der Waals surface area contributed by atoms with Crippen molar-refractivity contribution in [3.05, 3.63) is 29.8 Å². The average Bonchev–Trinajstić information content (AvgIpc) is 2.29. The molecule has 0 saturated carbocycles. The van der Waals surface area contributed by atoms with Crippen molar-refractivity contribution in [2.45, 2.75) is 12.5 Å². The maximum absolute atomic E-state index is 11.1. The quantitative estimate of drug-likeness (QED) is 0.631. The Morgan fingerprint density at radius 2 is 1.82 bits per heavy atom. The summed E-state index contributed by atoms with van der Waals surface area (Å²) in [6.07, 6.45) is 0.469. The van der Waals surface area contributed by atoms with Crippen LogP contribution in [0.3, 0.4) is 0 Å². The highest BCUT2D eigenvalue weighted by Gasteiger charge is 2.13. The van der Waals surface area contributed by atoms with Gasteiger partial charge in [0, 0.05) is 0 Å². The molecule has 5 nitrogen and oxygen atoms in total. The number of hydrogen-bond acceptors (Lipinski definition) is 5. The van der Waals surface area contributed by atoms with E-state index in [0.717, 1.165) is 11.3 Å². The highest BCUT2D eigenvalue weighted by atomic mass is 127. The summed E-state index contributed by atoms with van der Waals surface area (Å²) in [7, 11) is 2.94. The number of halogens is 1. The van der Waals surface area contributed by atoms with Gasteiger partial charge in [0.1, 0.15) is 11.8 Å². The first kappa shape index (κ1) is 18.5. The molecule has 0 saturated heterocycles. The monoisotopic (exact) mass is 354 g/mol. The third kappa shape index (κ3) is 5.85. The molecule has 0 heterocycles. The fourth-order valence-electron chi connectivity index (χ4n) is 1.25. The molecular formula is C11H19IN2O3. The Labute approximate surface area is 118 Å². The fourth-order valence-corrected chi connectivity index (χ4v) is 1.25. The van der Waals surface area contributed by atoms with Crippen molar-refractivity contribution in [3.63, 3.8) is 0 Å². The molecule has 17 heavy (non-hydrogen) atoms. The smallest absolute Gasteiger partial charge is 0.322 e. The van der Waals surface area contributed by atoms with Gasteiger partial charge in [-0.25, -0.2) is 0 Å². The van der Waals surface area contributed by atoms with Crippen LogP contribution in [0.4, 0.5) is 0 Å². The van der Waals surface area contributed by atoms with Gasteiger partial charge in [-0.1, -0.05) is 12.1 Å². The first-order valence-corrected chi connectivity index (χ1v) is 4.63. The van der Waals surface area contributed by atoms with Gasteiger partial charge in [0.25, 0.3) is 0 Å². The van der Waals surface area contributed by atoms with Crippen molar-refractivity contribution < 1.29 is 14.3 Å². The number of benzene rings is 1. The Morgan fingerprint density at radius 1 is 1.29 bits per heavy atom. The van der Waals surface area contributed by atoms with E-state index >= 15 is 0 Å². The summed E-state index contributed by atoms with van der Waals surface area (Å²) in [5.74, 6) is 0.385. The fraction of sp³-hybridized carbons (Fsp3) is 0.364.